The number of hydrogen-bond donors (Lipinski definition) is 1. The van der Waals surface area contributed by atoms with Gasteiger partial charge < -0.3 is 10.1 Å². The highest BCUT2D eigenvalue weighted by atomic mass is 19.4. The molecule has 8 heteroatoms. The third kappa shape index (κ3) is 2.51. The van der Waals surface area contributed by atoms with E-state index in [1.54, 1.807) is 5.32 Å². The number of carbonyl (C=O) groups is 1. The van der Waals surface area contributed by atoms with Crippen LogP contribution >= 0.6 is 0 Å². The van der Waals surface area contributed by atoms with Gasteiger partial charge in [-0.3, -0.25) is 4.79 Å². The molecule has 0 saturated carbocycles. The summed E-state index contributed by atoms with van der Waals surface area (Å²) in [6.07, 6.45) is -6.32. The van der Waals surface area contributed by atoms with Crippen molar-refractivity contribution in [1.82, 2.24) is 5.32 Å². The molecule has 100 valence electrons. The summed E-state index contributed by atoms with van der Waals surface area (Å²) in [5.41, 5.74) is -1.20. The van der Waals surface area contributed by atoms with Crippen LogP contribution in [0, 0.1) is 0 Å². The molecule has 1 heterocycles. The van der Waals surface area contributed by atoms with Crippen LogP contribution in [-0.2, 0) is 9.53 Å². The zero-order valence-corrected chi connectivity index (χ0v) is 9.20. The van der Waals surface area contributed by atoms with Crippen molar-refractivity contribution in [1.29, 1.82) is 0 Å². The van der Waals surface area contributed by atoms with Gasteiger partial charge in [0, 0.05) is 6.61 Å². The average Bonchev–Trinajstić information content (AvgIpc) is 2.44. The van der Waals surface area contributed by atoms with Crippen molar-refractivity contribution in [3.05, 3.63) is 0 Å². The number of nitrogens with one attached hydrogen (secondary N) is 1. The molecule has 1 aliphatic rings. The van der Waals surface area contributed by atoms with Gasteiger partial charge in [-0.25, -0.2) is 0 Å². The summed E-state index contributed by atoms with van der Waals surface area (Å²) < 4.78 is 66.2. The molecular weight excluding hydrogens is 249 g/mol. The highest BCUT2D eigenvalue weighted by molar-refractivity contribution is 5.85. The fourth-order valence-corrected chi connectivity index (χ4v) is 1.47. The van der Waals surface area contributed by atoms with Gasteiger partial charge in [0.25, 0.3) is 0 Å². The minimum Gasteiger partial charge on any atom is -0.376 e. The van der Waals surface area contributed by atoms with Gasteiger partial charge in [-0.05, 0) is 20.3 Å². The van der Waals surface area contributed by atoms with Crippen LogP contribution in [0.15, 0.2) is 0 Å². The fraction of sp³-hybridized carbons (Fsp3) is 0.889. The van der Waals surface area contributed by atoms with E-state index in [1.165, 1.54) is 13.8 Å². The van der Waals surface area contributed by atoms with E-state index < -0.39 is 29.6 Å². The standard InChI is InChI=1S/C9H12F5NO2/c1-5-7(2,3-4-17-5)15-6(16)8(10,11)9(12,13)14/h5H,3-4H2,1-2H3,(H,15,16). The van der Waals surface area contributed by atoms with Crippen LogP contribution in [0.25, 0.3) is 0 Å². The van der Waals surface area contributed by atoms with Gasteiger partial charge in [0.1, 0.15) is 0 Å². The second-order valence-electron chi connectivity index (χ2n) is 4.21. The van der Waals surface area contributed by atoms with E-state index >= 15 is 0 Å². The number of halogens is 5. The fourth-order valence-electron chi connectivity index (χ4n) is 1.47. The third-order valence-corrected chi connectivity index (χ3v) is 2.93. The predicted octanol–water partition coefficient (Wildman–Crippen LogP) is 1.87. The topological polar surface area (TPSA) is 38.3 Å². The number of carbonyl (C=O) groups excluding carboxylic acids is 1. The summed E-state index contributed by atoms with van der Waals surface area (Å²) in [5, 5.41) is 1.72. The molecule has 0 radical (unpaired) electrons. The van der Waals surface area contributed by atoms with Gasteiger partial charge in [0.05, 0.1) is 11.6 Å². The molecule has 2 atom stereocenters. The molecule has 0 aromatic rings. The van der Waals surface area contributed by atoms with E-state index in [4.69, 9.17) is 4.74 Å². The number of rotatable bonds is 2. The van der Waals surface area contributed by atoms with Crippen molar-refractivity contribution >= 4 is 5.91 Å². The Morgan fingerprint density at radius 1 is 1.35 bits per heavy atom. The summed E-state index contributed by atoms with van der Waals surface area (Å²) in [6, 6.07) is 0. The zero-order valence-electron chi connectivity index (χ0n) is 9.20. The lowest BCUT2D eigenvalue weighted by Crippen LogP contribution is -2.59. The van der Waals surface area contributed by atoms with Crippen LogP contribution in [0.4, 0.5) is 22.0 Å². The second kappa shape index (κ2) is 4.08. The van der Waals surface area contributed by atoms with E-state index in [-0.39, 0.29) is 13.0 Å². The van der Waals surface area contributed by atoms with Crippen molar-refractivity contribution < 1.29 is 31.5 Å². The molecular formula is C9H12F5NO2. The zero-order chi connectivity index (χ0) is 13.5. The molecule has 0 bridgehead atoms. The molecule has 1 aliphatic heterocycles. The Morgan fingerprint density at radius 3 is 2.24 bits per heavy atom. The molecule has 1 fully saturated rings. The van der Waals surface area contributed by atoms with Gasteiger partial charge >= 0.3 is 18.0 Å². The monoisotopic (exact) mass is 261 g/mol. The quantitative estimate of drug-likeness (QED) is 0.771. The lowest BCUT2D eigenvalue weighted by atomic mass is 9.94. The van der Waals surface area contributed by atoms with Crippen molar-refractivity contribution in [2.24, 2.45) is 0 Å². The Labute approximate surface area is 94.3 Å². The highest BCUT2D eigenvalue weighted by Crippen LogP contribution is 2.36. The molecule has 2 unspecified atom stereocenters. The average molecular weight is 261 g/mol. The van der Waals surface area contributed by atoms with Crippen LogP contribution in [0.3, 0.4) is 0 Å². The molecule has 1 amide bonds. The Kier molecular flexibility index (Phi) is 3.39. The molecule has 3 nitrogen and oxygen atoms in total. The molecule has 1 saturated heterocycles. The number of alkyl halides is 5. The predicted molar refractivity (Wildman–Crippen MR) is 47.6 cm³/mol. The smallest absolute Gasteiger partial charge is 0.376 e. The lowest BCUT2D eigenvalue weighted by molar-refractivity contribution is -0.270. The molecule has 1 rings (SSSR count). The number of ether oxygens (including phenoxy) is 1. The molecule has 0 aliphatic carbocycles. The van der Waals surface area contributed by atoms with Crippen molar-refractivity contribution in [3.63, 3.8) is 0 Å². The molecule has 0 aromatic carbocycles. The summed E-state index contributed by atoms with van der Waals surface area (Å²) in [6.45, 7) is 3.07. The summed E-state index contributed by atoms with van der Waals surface area (Å²) >= 11 is 0. The summed E-state index contributed by atoms with van der Waals surface area (Å²) in [4.78, 5) is 11.0. The van der Waals surface area contributed by atoms with E-state index in [9.17, 15) is 26.7 Å². The van der Waals surface area contributed by atoms with Gasteiger partial charge in [-0.1, -0.05) is 0 Å². The Balaban J connectivity index is 2.79. The van der Waals surface area contributed by atoms with Gasteiger partial charge in [0.2, 0.25) is 0 Å². The van der Waals surface area contributed by atoms with Crippen LogP contribution in [0.5, 0.6) is 0 Å². The van der Waals surface area contributed by atoms with Gasteiger partial charge in [-0.15, -0.1) is 0 Å². The van der Waals surface area contributed by atoms with Crippen LogP contribution < -0.4 is 5.32 Å². The Morgan fingerprint density at radius 2 is 1.88 bits per heavy atom. The first kappa shape index (κ1) is 14.1. The minimum atomic E-state index is -5.89. The third-order valence-electron chi connectivity index (χ3n) is 2.93. The van der Waals surface area contributed by atoms with Crippen LogP contribution in [0.1, 0.15) is 20.3 Å². The first-order valence-corrected chi connectivity index (χ1v) is 4.89. The molecule has 1 N–H and O–H groups in total. The first-order chi connectivity index (χ1) is 7.51. The minimum absolute atomic E-state index is 0.188. The number of hydrogen-bond acceptors (Lipinski definition) is 2. The van der Waals surface area contributed by atoms with Crippen LogP contribution in [0.2, 0.25) is 0 Å². The van der Waals surface area contributed by atoms with E-state index in [1.807, 2.05) is 0 Å². The van der Waals surface area contributed by atoms with Crippen molar-refractivity contribution in [3.8, 4) is 0 Å². The Bertz CT molecular complexity index is 317. The van der Waals surface area contributed by atoms with E-state index in [0.29, 0.717) is 0 Å². The van der Waals surface area contributed by atoms with Gasteiger partial charge in [0.15, 0.2) is 0 Å². The largest absolute Gasteiger partial charge is 0.463 e. The molecule has 0 aromatic heterocycles. The maximum Gasteiger partial charge on any atom is 0.463 e. The normalized spacial score (nSPS) is 30.4. The highest BCUT2D eigenvalue weighted by Gasteiger charge is 2.64. The summed E-state index contributed by atoms with van der Waals surface area (Å²) in [5.74, 6) is -7.73. The van der Waals surface area contributed by atoms with Crippen LogP contribution in [-0.4, -0.2) is 36.3 Å². The summed E-state index contributed by atoms with van der Waals surface area (Å²) in [7, 11) is 0. The van der Waals surface area contributed by atoms with Crippen molar-refractivity contribution in [2.75, 3.05) is 6.61 Å². The first-order valence-electron chi connectivity index (χ1n) is 4.89. The Hall–Kier alpha value is -0.920. The second-order valence-corrected chi connectivity index (χ2v) is 4.21. The van der Waals surface area contributed by atoms with Gasteiger partial charge in [-0.2, -0.15) is 22.0 Å². The maximum atomic E-state index is 12.7. The molecule has 17 heavy (non-hydrogen) atoms. The van der Waals surface area contributed by atoms with E-state index in [0.717, 1.165) is 0 Å². The van der Waals surface area contributed by atoms with Crippen molar-refractivity contribution in [2.45, 2.75) is 44.0 Å². The lowest BCUT2D eigenvalue weighted by Gasteiger charge is -2.31. The SMILES string of the molecule is CC1OCCC1(C)NC(=O)C(F)(F)C(F)(F)F. The number of amides is 1. The molecule has 0 spiro atoms. The maximum absolute atomic E-state index is 12.7. The van der Waals surface area contributed by atoms with E-state index in [2.05, 4.69) is 0 Å².